The van der Waals surface area contributed by atoms with Crippen LogP contribution in [-0.4, -0.2) is 41.6 Å². The summed E-state index contributed by atoms with van der Waals surface area (Å²) in [5.41, 5.74) is 0.927. The van der Waals surface area contributed by atoms with E-state index in [0.717, 1.165) is 6.54 Å². The molecule has 1 rings (SSSR count). The highest BCUT2D eigenvalue weighted by Crippen LogP contribution is 2.16. The highest BCUT2D eigenvalue weighted by Gasteiger charge is 2.17. The molecule has 0 aromatic heterocycles. The first-order valence-electron chi connectivity index (χ1n) is 6.25. The van der Waals surface area contributed by atoms with Crippen molar-refractivity contribution >= 4 is 16.0 Å². The molecule has 0 fully saturated rings. The molecule has 0 radical (unpaired) electrons. The molecule has 0 atom stereocenters. The molecule has 6 nitrogen and oxygen atoms in total. The van der Waals surface area contributed by atoms with Gasteiger partial charge in [0.05, 0.1) is 17.6 Å². The van der Waals surface area contributed by atoms with Gasteiger partial charge in [0, 0.05) is 6.54 Å². The fourth-order valence-electron chi connectivity index (χ4n) is 1.65. The number of rotatable bonds is 7. The van der Waals surface area contributed by atoms with Gasteiger partial charge in [0.15, 0.2) is 0 Å². The number of ether oxygens (including phenoxy) is 1. The van der Waals surface area contributed by atoms with Crippen LogP contribution in [0.3, 0.4) is 0 Å². The Balaban J connectivity index is 2.93. The van der Waals surface area contributed by atoms with Crippen molar-refractivity contribution in [3.05, 3.63) is 29.3 Å². The van der Waals surface area contributed by atoms with Crippen molar-refractivity contribution in [3.8, 4) is 0 Å². The monoisotopic (exact) mass is 300 g/mol. The average molecular weight is 300 g/mol. The fraction of sp³-hybridized carbons (Fsp3) is 0.462. The third-order valence-corrected chi connectivity index (χ3v) is 4.28. The van der Waals surface area contributed by atoms with Gasteiger partial charge in [0.1, 0.15) is 0 Å². The number of methoxy groups -OCH3 is 1. The van der Waals surface area contributed by atoms with Crippen molar-refractivity contribution in [2.75, 3.05) is 27.2 Å². The third kappa shape index (κ3) is 4.29. The maximum absolute atomic E-state index is 12.1. The zero-order valence-electron chi connectivity index (χ0n) is 11.9. The van der Waals surface area contributed by atoms with Crippen LogP contribution in [0, 0.1) is 6.92 Å². The molecule has 7 heteroatoms. The number of carbonyl (C=O) groups excluding carboxylic acids is 1. The van der Waals surface area contributed by atoms with Crippen LogP contribution in [0.25, 0.3) is 0 Å². The number of hydrogen-bond acceptors (Lipinski definition) is 5. The molecule has 0 heterocycles. The highest BCUT2D eigenvalue weighted by atomic mass is 32.2. The fourth-order valence-corrected chi connectivity index (χ4v) is 2.75. The van der Waals surface area contributed by atoms with Crippen molar-refractivity contribution < 1.29 is 17.9 Å². The van der Waals surface area contributed by atoms with Crippen LogP contribution in [0.1, 0.15) is 22.3 Å². The number of benzene rings is 1. The van der Waals surface area contributed by atoms with E-state index in [0.29, 0.717) is 18.5 Å². The van der Waals surface area contributed by atoms with Crippen molar-refractivity contribution in [1.29, 1.82) is 0 Å². The lowest BCUT2D eigenvalue weighted by Gasteiger charge is -2.09. The first-order valence-corrected chi connectivity index (χ1v) is 7.74. The Hall–Kier alpha value is -1.44. The lowest BCUT2D eigenvalue weighted by Crippen LogP contribution is -2.27. The second kappa shape index (κ2) is 7.37. The van der Waals surface area contributed by atoms with Crippen molar-refractivity contribution in [3.63, 3.8) is 0 Å². The van der Waals surface area contributed by atoms with Crippen molar-refractivity contribution in [2.24, 2.45) is 0 Å². The predicted octanol–water partition coefficient (Wildman–Crippen LogP) is 0.669. The maximum Gasteiger partial charge on any atom is 0.338 e. The van der Waals surface area contributed by atoms with Crippen LogP contribution >= 0.6 is 0 Å². The molecule has 0 amide bonds. The summed E-state index contributed by atoms with van der Waals surface area (Å²) in [5, 5.41) is 2.94. The summed E-state index contributed by atoms with van der Waals surface area (Å²) < 4.78 is 31.3. The zero-order valence-corrected chi connectivity index (χ0v) is 12.7. The molecule has 1 aromatic rings. The number of carbonyl (C=O) groups is 1. The Morgan fingerprint density at radius 1 is 1.30 bits per heavy atom. The molecular formula is C13H20N2O4S. The van der Waals surface area contributed by atoms with Crippen LogP contribution < -0.4 is 10.0 Å². The minimum atomic E-state index is -3.61. The average Bonchev–Trinajstić information content (AvgIpc) is 2.43. The molecule has 0 aliphatic rings. The van der Waals surface area contributed by atoms with Gasteiger partial charge in [-0.15, -0.1) is 0 Å². The van der Waals surface area contributed by atoms with Crippen LogP contribution in [-0.2, 0) is 14.8 Å². The number of hydrogen-bond donors (Lipinski definition) is 2. The van der Waals surface area contributed by atoms with Gasteiger partial charge in [-0.25, -0.2) is 17.9 Å². The van der Waals surface area contributed by atoms with E-state index < -0.39 is 16.0 Å². The van der Waals surface area contributed by atoms with Gasteiger partial charge >= 0.3 is 5.97 Å². The molecular weight excluding hydrogens is 280 g/mol. The van der Waals surface area contributed by atoms with Gasteiger partial charge in [-0.1, -0.05) is 6.07 Å². The van der Waals surface area contributed by atoms with Crippen LogP contribution in [0.2, 0.25) is 0 Å². The van der Waals surface area contributed by atoms with Gasteiger partial charge in [-0.2, -0.15) is 0 Å². The normalized spacial score (nSPS) is 11.3. The van der Waals surface area contributed by atoms with Crippen LogP contribution in [0.5, 0.6) is 0 Å². The molecule has 0 saturated carbocycles. The van der Waals surface area contributed by atoms with Gasteiger partial charge in [0.25, 0.3) is 0 Å². The molecule has 112 valence electrons. The van der Waals surface area contributed by atoms with Crippen LogP contribution in [0.15, 0.2) is 23.1 Å². The van der Waals surface area contributed by atoms with E-state index in [2.05, 4.69) is 14.8 Å². The first-order chi connectivity index (χ1) is 9.42. The first kappa shape index (κ1) is 16.6. The smallest absolute Gasteiger partial charge is 0.338 e. The van der Waals surface area contributed by atoms with E-state index in [1.54, 1.807) is 20.0 Å². The van der Waals surface area contributed by atoms with E-state index in [9.17, 15) is 13.2 Å². The van der Waals surface area contributed by atoms with E-state index >= 15 is 0 Å². The number of esters is 1. The Morgan fingerprint density at radius 3 is 2.60 bits per heavy atom. The summed E-state index contributed by atoms with van der Waals surface area (Å²) in [7, 11) is -0.542. The molecule has 0 unspecified atom stereocenters. The second-order valence-electron chi connectivity index (χ2n) is 4.32. The SMILES string of the molecule is CNCCCNS(=O)(=O)c1ccc(C)c(C(=O)OC)c1. The topological polar surface area (TPSA) is 84.5 Å². The third-order valence-electron chi connectivity index (χ3n) is 2.82. The molecule has 20 heavy (non-hydrogen) atoms. The number of sulfonamides is 1. The summed E-state index contributed by atoms with van der Waals surface area (Å²) >= 11 is 0. The highest BCUT2D eigenvalue weighted by molar-refractivity contribution is 7.89. The standard InChI is InChI=1S/C13H20N2O4S/c1-10-5-6-11(9-12(10)13(16)19-3)20(17,18)15-8-4-7-14-2/h5-6,9,14-15H,4,7-8H2,1-3H3. The number of aryl methyl sites for hydroxylation is 1. The summed E-state index contributed by atoms with van der Waals surface area (Å²) in [6.45, 7) is 2.79. The quantitative estimate of drug-likeness (QED) is 0.571. The van der Waals surface area contributed by atoms with E-state index in [4.69, 9.17) is 0 Å². The molecule has 1 aromatic carbocycles. The Labute approximate surface area is 119 Å². The van der Waals surface area contributed by atoms with Gasteiger partial charge in [-0.05, 0) is 44.6 Å². The van der Waals surface area contributed by atoms with Crippen LogP contribution in [0.4, 0.5) is 0 Å². The van der Waals surface area contributed by atoms with Gasteiger partial charge < -0.3 is 10.1 Å². The minimum Gasteiger partial charge on any atom is -0.465 e. The van der Waals surface area contributed by atoms with E-state index in [-0.39, 0.29) is 10.5 Å². The largest absolute Gasteiger partial charge is 0.465 e. The van der Waals surface area contributed by atoms with Gasteiger partial charge in [-0.3, -0.25) is 0 Å². The molecule has 0 saturated heterocycles. The Morgan fingerprint density at radius 2 is 2.00 bits per heavy atom. The minimum absolute atomic E-state index is 0.0629. The molecule has 2 N–H and O–H groups in total. The summed E-state index contributed by atoms with van der Waals surface area (Å²) in [5.74, 6) is -0.547. The maximum atomic E-state index is 12.1. The zero-order chi connectivity index (χ0) is 15.2. The lowest BCUT2D eigenvalue weighted by molar-refractivity contribution is 0.0599. The summed E-state index contributed by atoms with van der Waals surface area (Å²) in [4.78, 5) is 11.6. The summed E-state index contributed by atoms with van der Waals surface area (Å²) in [6.07, 6.45) is 0.686. The number of nitrogens with one attached hydrogen (secondary N) is 2. The molecule has 0 aliphatic carbocycles. The van der Waals surface area contributed by atoms with E-state index in [1.807, 2.05) is 0 Å². The molecule has 0 bridgehead atoms. The molecule has 0 spiro atoms. The van der Waals surface area contributed by atoms with Crippen molar-refractivity contribution in [2.45, 2.75) is 18.2 Å². The van der Waals surface area contributed by atoms with Gasteiger partial charge in [0.2, 0.25) is 10.0 Å². The van der Waals surface area contributed by atoms with Crippen molar-refractivity contribution in [1.82, 2.24) is 10.0 Å². The van der Waals surface area contributed by atoms with E-state index in [1.165, 1.54) is 19.2 Å². The second-order valence-corrected chi connectivity index (χ2v) is 6.09. The molecule has 0 aliphatic heterocycles. The Bertz CT molecular complexity index is 570. The predicted molar refractivity (Wildman–Crippen MR) is 76.3 cm³/mol. The summed E-state index contributed by atoms with van der Waals surface area (Å²) in [6, 6.07) is 4.40. The lowest BCUT2D eigenvalue weighted by atomic mass is 10.1. The Kier molecular flexibility index (Phi) is 6.12.